The van der Waals surface area contributed by atoms with Crippen molar-refractivity contribution in [2.24, 2.45) is 12.8 Å². The number of thiocarbonyl (C=S) groups is 1. The van der Waals surface area contributed by atoms with Gasteiger partial charge < -0.3 is 11.1 Å². The minimum Gasteiger partial charge on any atom is -0.389 e. The fourth-order valence-corrected chi connectivity index (χ4v) is 2.35. The molecule has 0 amide bonds. The number of aryl methyl sites for hydroxylation is 1. The van der Waals surface area contributed by atoms with Gasteiger partial charge in [-0.05, 0) is 30.2 Å². The third-order valence-corrected chi connectivity index (χ3v) is 3.45. The predicted octanol–water partition coefficient (Wildman–Crippen LogP) is 2.47. The Bertz CT molecular complexity index is 594. The molecule has 0 aliphatic carbocycles. The van der Waals surface area contributed by atoms with Crippen LogP contribution in [0.2, 0.25) is 0 Å². The third-order valence-electron chi connectivity index (χ3n) is 2.73. The number of hydrogen-bond acceptors (Lipinski definition) is 3. The zero-order valence-electron chi connectivity index (χ0n) is 10.6. The van der Waals surface area contributed by atoms with Gasteiger partial charge in [-0.1, -0.05) is 28.1 Å². The molecule has 0 atom stereocenters. The lowest BCUT2D eigenvalue weighted by molar-refractivity contribution is 0.767. The van der Waals surface area contributed by atoms with Crippen molar-refractivity contribution >= 4 is 38.8 Å². The molecular formula is C13H15BrN4S. The SMILES string of the molecule is Cn1cc(CCNc2ccc(Br)cc2C(N)=S)cn1. The Morgan fingerprint density at radius 3 is 2.95 bits per heavy atom. The molecular weight excluding hydrogens is 324 g/mol. The van der Waals surface area contributed by atoms with Crippen molar-refractivity contribution in [3.63, 3.8) is 0 Å². The second-order valence-electron chi connectivity index (χ2n) is 4.25. The summed E-state index contributed by atoms with van der Waals surface area (Å²) in [7, 11) is 1.91. The van der Waals surface area contributed by atoms with Gasteiger partial charge in [0.1, 0.15) is 4.99 Å². The van der Waals surface area contributed by atoms with E-state index in [0.29, 0.717) is 4.99 Å². The van der Waals surface area contributed by atoms with Crippen LogP contribution in [0.1, 0.15) is 11.1 Å². The molecule has 4 nitrogen and oxygen atoms in total. The van der Waals surface area contributed by atoms with Crippen molar-refractivity contribution in [3.8, 4) is 0 Å². The predicted molar refractivity (Wildman–Crippen MR) is 85.4 cm³/mol. The highest BCUT2D eigenvalue weighted by Crippen LogP contribution is 2.21. The first kappa shape index (κ1) is 14.0. The minimum absolute atomic E-state index is 0.394. The van der Waals surface area contributed by atoms with Gasteiger partial charge in [0.2, 0.25) is 0 Å². The Morgan fingerprint density at radius 2 is 2.32 bits per heavy atom. The van der Waals surface area contributed by atoms with Gasteiger partial charge in [0, 0.05) is 35.5 Å². The van der Waals surface area contributed by atoms with E-state index in [4.69, 9.17) is 18.0 Å². The Labute approximate surface area is 126 Å². The van der Waals surface area contributed by atoms with Gasteiger partial charge >= 0.3 is 0 Å². The summed E-state index contributed by atoms with van der Waals surface area (Å²) < 4.78 is 2.77. The topological polar surface area (TPSA) is 55.9 Å². The van der Waals surface area contributed by atoms with E-state index >= 15 is 0 Å². The number of benzene rings is 1. The molecule has 0 saturated heterocycles. The second-order valence-corrected chi connectivity index (χ2v) is 5.61. The highest BCUT2D eigenvalue weighted by atomic mass is 79.9. The van der Waals surface area contributed by atoms with Gasteiger partial charge in [0.15, 0.2) is 0 Å². The summed E-state index contributed by atoms with van der Waals surface area (Å²) in [6, 6.07) is 5.87. The minimum atomic E-state index is 0.394. The van der Waals surface area contributed by atoms with Crippen LogP contribution < -0.4 is 11.1 Å². The molecule has 100 valence electrons. The summed E-state index contributed by atoms with van der Waals surface area (Å²) in [6.07, 6.45) is 4.79. The Kier molecular flexibility index (Phi) is 4.55. The Hall–Kier alpha value is -1.40. The van der Waals surface area contributed by atoms with Gasteiger partial charge in [0.25, 0.3) is 0 Å². The number of halogens is 1. The molecule has 1 heterocycles. The lowest BCUT2D eigenvalue weighted by Crippen LogP contribution is -2.14. The normalized spacial score (nSPS) is 10.4. The Morgan fingerprint density at radius 1 is 1.53 bits per heavy atom. The van der Waals surface area contributed by atoms with Crippen molar-refractivity contribution in [1.29, 1.82) is 0 Å². The van der Waals surface area contributed by atoms with Gasteiger partial charge in [-0.3, -0.25) is 4.68 Å². The summed E-state index contributed by atoms with van der Waals surface area (Å²) in [5.74, 6) is 0. The van der Waals surface area contributed by atoms with E-state index in [2.05, 4.69) is 26.3 Å². The first-order chi connectivity index (χ1) is 9.06. The van der Waals surface area contributed by atoms with Crippen LogP contribution in [0.3, 0.4) is 0 Å². The van der Waals surface area contributed by atoms with Gasteiger partial charge in [-0.15, -0.1) is 0 Å². The van der Waals surface area contributed by atoms with E-state index in [0.717, 1.165) is 28.7 Å². The summed E-state index contributed by atoms with van der Waals surface area (Å²) in [6.45, 7) is 0.808. The maximum atomic E-state index is 5.73. The van der Waals surface area contributed by atoms with E-state index in [-0.39, 0.29) is 0 Å². The molecule has 0 spiro atoms. The maximum absolute atomic E-state index is 5.73. The molecule has 0 unspecified atom stereocenters. The highest BCUT2D eigenvalue weighted by molar-refractivity contribution is 9.10. The van der Waals surface area contributed by atoms with E-state index in [1.807, 2.05) is 37.6 Å². The number of rotatable bonds is 5. The van der Waals surface area contributed by atoms with Gasteiger partial charge in [0.05, 0.1) is 6.20 Å². The lowest BCUT2D eigenvalue weighted by atomic mass is 10.1. The van der Waals surface area contributed by atoms with Crippen LogP contribution in [0.25, 0.3) is 0 Å². The van der Waals surface area contributed by atoms with Crippen molar-refractivity contribution in [2.75, 3.05) is 11.9 Å². The fourth-order valence-electron chi connectivity index (χ4n) is 1.82. The van der Waals surface area contributed by atoms with Crippen LogP contribution >= 0.6 is 28.1 Å². The van der Waals surface area contributed by atoms with Crippen LogP contribution in [-0.2, 0) is 13.5 Å². The zero-order chi connectivity index (χ0) is 13.8. The summed E-state index contributed by atoms with van der Waals surface area (Å²) in [5.41, 5.74) is 8.74. The van der Waals surface area contributed by atoms with Gasteiger partial charge in [-0.2, -0.15) is 5.10 Å². The zero-order valence-corrected chi connectivity index (χ0v) is 13.0. The van der Waals surface area contributed by atoms with Crippen LogP contribution in [0.4, 0.5) is 5.69 Å². The first-order valence-corrected chi connectivity index (χ1v) is 7.07. The molecule has 0 fully saturated rings. The molecule has 0 bridgehead atoms. The molecule has 1 aromatic heterocycles. The molecule has 3 N–H and O–H groups in total. The summed E-state index contributed by atoms with van der Waals surface area (Å²) in [4.78, 5) is 0.394. The monoisotopic (exact) mass is 338 g/mol. The van der Waals surface area contributed by atoms with E-state index in [1.165, 1.54) is 5.56 Å². The van der Waals surface area contributed by atoms with Crippen molar-refractivity contribution in [2.45, 2.75) is 6.42 Å². The molecule has 2 rings (SSSR count). The number of nitrogens with two attached hydrogens (primary N) is 1. The van der Waals surface area contributed by atoms with Crippen LogP contribution in [0.15, 0.2) is 35.1 Å². The number of anilines is 1. The molecule has 1 aromatic carbocycles. The summed E-state index contributed by atoms with van der Waals surface area (Å²) >= 11 is 8.48. The molecule has 6 heteroatoms. The quantitative estimate of drug-likeness (QED) is 0.822. The average molecular weight is 339 g/mol. The third kappa shape index (κ3) is 3.78. The Balaban J connectivity index is 2.01. The van der Waals surface area contributed by atoms with Crippen LogP contribution in [0, 0.1) is 0 Å². The van der Waals surface area contributed by atoms with Gasteiger partial charge in [-0.25, -0.2) is 0 Å². The van der Waals surface area contributed by atoms with Crippen LogP contribution in [0.5, 0.6) is 0 Å². The number of hydrogen-bond donors (Lipinski definition) is 2. The lowest BCUT2D eigenvalue weighted by Gasteiger charge is -2.11. The molecule has 19 heavy (non-hydrogen) atoms. The number of aromatic nitrogens is 2. The van der Waals surface area contributed by atoms with Crippen molar-refractivity contribution in [3.05, 3.63) is 46.2 Å². The number of nitrogens with one attached hydrogen (secondary N) is 1. The molecule has 0 saturated carbocycles. The van der Waals surface area contributed by atoms with Crippen molar-refractivity contribution in [1.82, 2.24) is 9.78 Å². The van der Waals surface area contributed by atoms with E-state index in [1.54, 1.807) is 4.68 Å². The molecule has 0 aliphatic heterocycles. The molecule has 0 aliphatic rings. The van der Waals surface area contributed by atoms with E-state index < -0.39 is 0 Å². The molecule has 0 radical (unpaired) electrons. The van der Waals surface area contributed by atoms with Crippen LogP contribution in [-0.4, -0.2) is 21.3 Å². The summed E-state index contributed by atoms with van der Waals surface area (Å²) in [5, 5.41) is 7.50. The largest absolute Gasteiger partial charge is 0.389 e. The maximum Gasteiger partial charge on any atom is 0.106 e. The second kappa shape index (κ2) is 6.16. The first-order valence-electron chi connectivity index (χ1n) is 5.87. The van der Waals surface area contributed by atoms with E-state index in [9.17, 15) is 0 Å². The highest BCUT2D eigenvalue weighted by Gasteiger charge is 2.05. The molecule has 2 aromatic rings. The standard InChI is InChI=1S/C13H15BrN4S/c1-18-8-9(7-17-18)4-5-16-12-3-2-10(14)6-11(12)13(15)19/h2-3,6-8,16H,4-5H2,1H3,(H2,15,19). The fraction of sp³-hybridized carbons (Fsp3) is 0.231. The number of nitrogens with zero attached hydrogens (tertiary/aromatic N) is 2. The smallest absolute Gasteiger partial charge is 0.106 e. The van der Waals surface area contributed by atoms with Crippen molar-refractivity contribution < 1.29 is 0 Å². The average Bonchev–Trinajstić information content (AvgIpc) is 2.77.